The Bertz CT molecular complexity index is 1160. The highest BCUT2D eigenvalue weighted by molar-refractivity contribution is 5.94. The van der Waals surface area contributed by atoms with Gasteiger partial charge in [0.1, 0.15) is 11.7 Å². The molecule has 1 aliphatic heterocycles. The van der Waals surface area contributed by atoms with Crippen LogP contribution < -0.4 is 5.32 Å². The highest BCUT2D eigenvalue weighted by atomic mass is 19.4. The van der Waals surface area contributed by atoms with Gasteiger partial charge in [0.15, 0.2) is 0 Å². The Morgan fingerprint density at radius 3 is 2.73 bits per heavy atom. The number of rotatable bonds is 6. The van der Waals surface area contributed by atoms with Crippen molar-refractivity contribution in [2.75, 3.05) is 31.6 Å². The SMILES string of the molecule is C[C@@H](Nc1ncc(C#N)c(-c2c[nH]c3ncc(C(F)(F)F)cc23)n1)C1CCN(CCO)CC1. The number of piperidine rings is 1. The summed E-state index contributed by atoms with van der Waals surface area (Å²) in [6.07, 6.45) is 1.05. The summed E-state index contributed by atoms with van der Waals surface area (Å²) in [5, 5.41) is 22.2. The van der Waals surface area contributed by atoms with Crippen molar-refractivity contribution in [1.82, 2.24) is 24.8 Å². The smallest absolute Gasteiger partial charge is 0.395 e. The number of fused-ring (bicyclic) bond motifs is 1. The van der Waals surface area contributed by atoms with Gasteiger partial charge in [0, 0.05) is 35.9 Å². The van der Waals surface area contributed by atoms with Crippen molar-refractivity contribution < 1.29 is 18.3 Å². The summed E-state index contributed by atoms with van der Waals surface area (Å²) in [6, 6.07) is 3.08. The molecule has 174 valence electrons. The van der Waals surface area contributed by atoms with Crippen molar-refractivity contribution in [3.05, 3.63) is 35.8 Å². The van der Waals surface area contributed by atoms with Crippen LogP contribution in [-0.2, 0) is 6.18 Å². The average molecular weight is 459 g/mol. The molecular formula is C22H24F3N7O. The first-order valence-electron chi connectivity index (χ1n) is 10.7. The molecule has 8 nitrogen and oxygen atoms in total. The molecule has 0 spiro atoms. The number of aliphatic hydroxyl groups is 1. The van der Waals surface area contributed by atoms with Gasteiger partial charge in [-0.1, -0.05) is 0 Å². The maximum atomic E-state index is 13.2. The van der Waals surface area contributed by atoms with Crippen LogP contribution in [0.15, 0.2) is 24.7 Å². The van der Waals surface area contributed by atoms with Crippen LogP contribution in [0, 0.1) is 17.2 Å². The minimum Gasteiger partial charge on any atom is -0.395 e. The number of likely N-dealkylation sites (tertiary alicyclic amines) is 1. The topological polar surface area (TPSA) is 114 Å². The van der Waals surface area contributed by atoms with Crippen molar-refractivity contribution >= 4 is 17.0 Å². The Balaban J connectivity index is 1.60. The molecule has 0 unspecified atom stereocenters. The number of pyridine rings is 1. The van der Waals surface area contributed by atoms with Crippen molar-refractivity contribution in [1.29, 1.82) is 5.26 Å². The van der Waals surface area contributed by atoms with Gasteiger partial charge in [0.05, 0.1) is 29.6 Å². The predicted octanol–water partition coefficient (Wildman–Crippen LogP) is 3.42. The van der Waals surface area contributed by atoms with Crippen LogP contribution in [0.5, 0.6) is 0 Å². The number of halogens is 3. The second-order valence-electron chi connectivity index (χ2n) is 8.22. The minimum atomic E-state index is -4.53. The lowest BCUT2D eigenvalue weighted by Gasteiger charge is -2.34. The van der Waals surface area contributed by atoms with Gasteiger partial charge >= 0.3 is 6.18 Å². The van der Waals surface area contributed by atoms with E-state index in [4.69, 9.17) is 5.11 Å². The monoisotopic (exact) mass is 459 g/mol. The van der Waals surface area contributed by atoms with Crippen molar-refractivity contribution in [3.8, 4) is 17.3 Å². The lowest BCUT2D eigenvalue weighted by molar-refractivity contribution is -0.137. The molecule has 4 rings (SSSR count). The molecule has 0 aliphatic carbocycles. The first-order valence-corrected chi connectivity index (χ1v) is 10.7. The van der Waals surface area contributed by atoms with E-state index < -0.39 is 11.7 Å². The molecule has 33 heavy (non-hydrogen) atoms. The van der Waals surface area contributed by atoms with Crippen molar-refractivity contribution in [3.63, 3.8) is 0 Å². The van der Waals surface area contributed by atoms with Crippen LogP contribution in [0.25, 0.3) is 22.3 Å². The summed E-state index contributed by atoms with van der Waals surface area (Å²) in [5.74, 6) is 0.692. The largest absolute Gasteiger partial charge is 0.417 e. The van der Waals surface area contributed by atoms with Crippen molar-refractivity contribution in [2.45, 2.75) is 32.0 Å². The van der Waals surface area contributed by atoms with Gasteiger partial charge < -0.3 is 20.3 Å². The number of nitriles is 1. The molecule has 0 aromatic carbocycles. The first-order chi connectivity index (χ1) is 15.8. The molecule has 0 bridgehead atoms. The number of hydrogen-bond acceptors (Lipinski definition) is 7. The van der Waals surface area contributed by atoms with Crippen LogP contribution in [-0.4, -0.2) is 62.2 Å². The third-order valence-corrected chi connectivity index (χ3v) is 6.14. The number of aromatic nitrogens is 4. The number of hydrogen-bond donors (Lipinski definition) is 3. The molecule has 3 N–H and O–H groups in total. The fourth-order valence-corrected chi connectivity index (χ4v) is 4.23. The van der Waals surface area contributed by atoms with Crippen LogP contribution in [0.1, 0.15) is 30.9 Å². The molecular weight excluding hydrogens is 435 g/mol. The molecule has 11 heteroatoms. The predicted molar refractivity (Wildman–Crippen MR) is 116 cm³/mol. The number of nitrogens with zero attached hydrogens (tertiary/aromatic N) is 5. The zero-order chi connectivity index (χ0) is 23.6. The summed E-state index contributed by atoms with van der Waals surface area (Å²) < 4.78 is 39.6. The zero-order valence-electron chi connectivity index (χ0n) is 18.0. The molecule has 3 aromatic heterocycles. The molecule has 1 fully saturated rings. The van der Waals surface area contributed by atoms with E-state index in [1.807, 2.05) is 13.0 Å². The Morgan fingerprint density at radius 2 is 2.06 bits per heavy atom. The van der Waals surface area contributed by atoms with E-state index in [2.05, 4.69) is 30.2 Å². The molecule has 3 aromatic rings. The van der Waals surface area contributed by atoms with Crippen LogP contribution in [0.3, 0.4) is 0 Å². The molecule has 0 amide bonds. The molecule has 4 heterocycles. The van der Waals surface area contributed by atoms with Gasteiger partial charge in [-0.15, -0.1) is 0 Å². The maximum absolute atomic E-state index is 13.2. The quantitative estimate of drug-likeness (QED) is 0.518. The van der Waals surface area contributed by atoms with E-state index in [-0.39, 0.29) is 34.9 Å². The number of β-amino-alcohol motifs (C(OH)–C–C–N with tert-alkyl or cyclic N) is 1. The number of aromatic amines is 1. The van der Waals surface area contributed by atoms with Gasteiger partial charge in [-0.25, -0.2) is 15.0 Å². The summed E-state index contributed by atoms with van der Waals surface area (Å²) in [7, 11) is 0. The standard InChI is InChI=1S/C22H24F3N7O/c1-13(14-2-4-32(5-3-14)6-7-33)30-21-29-10-15(9-26)19(31-21)18-12-28-20-17(18)8-16(11-27-20)22(23,24)25/h8,10-14,33H,2-7H2,1H3,(H,27,28)(H,29,30,31)/t13-/m1/s1. The molecule has 1 atom stereocenters. The van der Waals surface area contributed by atoms with Crippen LogP contribution >= 0.6 is 0 Å². The Morgan fingerprint density at radius 1 is 1.30 bits per heavy atom. The van der Waals surface area contributed by atoms with Crippen molar-refractivity contribution in [2.24, 2.45) is 5.92 Å². The summed E-state index contributed by atoms with van der Waals surface area (Å²) in [5.41, 5.74) is 0.160. The number of nitrogens with one attached hydrogen (secondary N) is 2. The summed E-state index contributed by atoms with van der Waals surface area (Å²) in [4.78, 5) is 17.7. The molecule has 1 saturated heterocycles. The summed E-state index contributed by atoms with van der Waals surface area (Å²) in [6.45, 7) is 4.67. The second kappa shape index (κ2) is 9.33. The third-order valence-electron chi connectivity index (χ3n) is 6.14. The Hall–Kier alpha value is -3.23. The Labute approximate surface area is 188 Å². The van der Waals surface area contributed by atoms with Crippen LogP contribution in [0.4, 0.5) is 19.1 Å². The van der Waals surface area contributed by atoms with E-state index in [1.54, 1.807) is 0 Å². The number of anilines is 1. The fraction of sp³-hybridized carbons (Fsp3) is 0.455. The van der Waals surface area contributed by atoms with E-state index in [0.717, 1.165) is 38.2 Å². The molecule has 1 aliphatic rings. The van der Waals surface area contributed by atoms with Gasteiger partial charge in [0.25, 0.3) is 0 Å². The summed E-state index contributed by atoms with van der Waals surface area (Å²) >= 11 is 0. The molecule has 0 saturated carbocycles. The van der Waals surface area contributed by atoms with E-state index in [1.165, 1.54) is 12.4 Å². The third kappa shape index (κ3) is 4.91. The fourth-order valence-electron chi connectivity index (χ4n) is 4.23. The minimum absolute atomic E-state index is 0.0588. The lowest BCUT2D eigenvalue weighted by atomic mass is 9.90. The normalized spacial score (nSPS) is 16.6. The van der Waals surface area contributed by atoms with Gasteiger partial charge in [0.2, 0.25) is 5.95 Å². The maximum Gasteiger partial charge on any atom is 0.417 e. The Kier molecular flexibility index (Phi) is 6.49. The number of H-pyrrole nitrogens is 1. The van der Waals surface area contributed by atoms with E-state index in [9.17, 15) is 18.4 Å². The lowest BCUT2D eigenvalue weighted by Crippen LogP contribution is -2.40. The first kappa shape index (κ1) is 22.9. The number of alkyl halides is 3. The highest BCUT2D eigenvalue weighted by Crippen LogP contribution is 2.35. The van der Waals surface area contributed by atoms with E-state index >= 15 is 0 Å². The molecule has 0 radical (unpaired) electrons. The van der Waals surface area contributed by atoms with Gasteiger partial charge in [-0.05, 0) is 44.8 Å². The number of aliphatic hydroxyl groups excluding tert-OH is 1. The van der Waals surface area contributed by atoms with Gasteiger partial charge in [-0.2, -0.15) is 18.4 Å². The second-order valence-corrected chi connectivity index (χ2v) is 8.22. The zero-order valence-corrected chi connectivity index (χ0v) is 18.0. The van der Waals surface area contributed by atoms with Crippen LogP contribution in [0.2, 0.25) is 0 Å². The highest BCUT2D eigenvalue weighted by Gasteiger charge is 2.32. The average Bonchev–Trinajstić information content (AvgIpc) is 3.22. The van der Waals surface area contributed by atoms with Gasteiger partial charge in [-0.3, -0.25) is 0 Å². The van der Waals surface area contributed by atoms with E-state index in [0.29, 0.717) is 24.0 Å².